The molecule has 20 heavy (non-hydrogen) atoms. The maximum atomic E-state index is 11.6. The van der Waals surface area contributed by atoms with Crippen molar-refractivity contribution in [2.75, 3.05) is 18.0 Å². The van der Waals surface area contributed by atoms with Crippen molar-refractivity contribution in [2.45, 2.75) is 25.7 Å². The zero-order valence-electron chi connectivity index (χ0n) is 11.4. The molecule has 0 radical (unpaired) electrons. The molecule has 0 saturated carbocycles. The Labute approximate surface area is 116 Å². The monoisotopic (exact) mass is 271 g/mol. The number of hydrogen-bond acceptors (Lipinski definition) is 5. The normalized spacial score (nSPS) is 19.1. The van der Waals surface area contributed by atoms with Crippen LogP contribution in [0, 0.1) is 6.92 Å². The summed E-state index contributed by atoms with van der Waals surface area (Å²) < 4.78 is 0. The third-order valence-corrected chi connectivity index (χ3v) is 3.57. The molecule has 0 aromatic carbocycles. The third kappa shape index (κ3) is 2.68. The summed E-state index contributed by atoms with van der Waals surface area (Å²) in [6.07, 6.45) is 7.23. The highest BCUT2D eigenvalue weighted by Gasteiger charge is 2.24. The first-order chi connectivity index (χ1) is 9.72. The molecule has 3 heterocycles. The van der Waals surface area contributed by atoms with E-state index in [0.717, 1.165) is 43.3 Å². The molecule has 1 saturated heterocycles. The molecule has 104 valence electrons. The van der Waals surface area contributed by atoms with E-state index in [2.05, 4.69) is 24.8 Å². The number of nitrogens with one attached hydrogen (secondary N) is 1. The van der Waals surface area contributed by atoms with Gasteiger partial charge in [0.15, 0.2) is 0 Å². The number of anilines is 1. The first-order valence-corrected chi connectivity index (χ1v) is 6.81. The minimum atomic E-state index is -0.0795. The molecule has 1 aliphatic heterocycles. The molecule has 1 atom stereocenters. The molecule has 2 aromatic rings. The van der Waals surface area contributed by atoms with Gasteiger partial charge in [-0.25, -0.2) is 9.97 Å². The molecule has 2 aromatic heterocycles. The van der Waals surface area contributed by atoms with E-state index >= 15 is 0 Å². The smallest absolute Gasteiger partial charge is 0.251 e. The molecule has 0 bridgehead atoms. The van der Waals surface area contributed by atoms with Gasteiger partial charge in [0.2, 0.25) is 0 Å². The van der Waals surface area contributed by atoms with Gasteiger partial charge in [-0.05, 0) is 19.8 Å². The lowest BCUT2D eigenvalue weighted by Crippen LogP contribution is -2.36. The van der Waals surface area contributed by atoms with E-state index in [1.807, 2.05) is 6.92 Å². The number of aryl methyl sites for hydroxylation is 1. The van der Waals surface area contributed by atoms with Crippen molar-refractivity contribution in [3.63, 3.8) is 0 Å². The summed E-state index contributed by atoms with van der Waals surface area (Å²) in [5.74, 6) is 1.90. The Morgan fingerprint density at radius 1 is 1.40 bits per heavy atom. The summed E-state index contributed by atoms with van der Waals surface area (Å²) in [5, 5.41) is 0. The van der Waals surface area contributed by atoms with Gasteiger partial charge in [0.25, 0.3) is 5.56 Å². The predicted molar refractivity (Wildman–Crippen MR) is 75.8 cm³/mol. The van der Waals surface area contributed by atoms with Gasteiger partial charge in [0.1, 0.15) is 11.6 Å². The Bertz CT molecular complexity index is 640. The lowest BCUT2D eigenvalue weighted by Gasteiger charge is -2.32. The number of piperidine rings is 1. The molecule has 0 unspecified atom stereocenters. The number of hydrogen-bond donors (Lipinski definition) is 1. The number of H-pyrrole nitrogens is 1. The van der Waals surface area contributed by atoms with E-state index in [4.69, 9.17) is 0 Å². The topological polar surface area (TPSA) is 74.8 Å². The first kappa shape index (κ1) is 12.8. The fraction of sp³-hybridized carbons (Fsp3) is 0.429. The van der Waals surface area contributed by atoms with Crippen molar-refractivity contribution in [2.24, 2.45) is 0 Å². The van der Waals surface area contributed by atoms with Crippen LogP contribution in [-0.2, 0) is 0 Å². The van der Waals surface area contributed by atoms with E-state index < -0.39 is 0 Å². The Hall–Kier alpha value is -2.24. The van der Waals surface area contributed by atoms with Crippen LogP contribution in [0.4, 0.5) is 5.82 Å². The second-order valence-corrected chi connectivity index (χ2v) is 5.12. The molecule has 0 spiro atoms. The summed E-state index contributed by atoms with van der Waals surface area (Å²) in [7, 11) is 0. The molecular formula is C14H17N5O. The van der Waals surface area contributed by atoms with Crippen molar-refractivity contribution in [1.82, 2.24) is 19.9 Å². The van der Waals surface area contributed by atoms with Crippen LogP contribution < -0.4 is 10.5 Å². The van der Waals surface area contributed by atoms with Gasteiger partial charge >= 0.3 is 0 Å². The molecule has 0 amide bonds. The summed E-state index contributed by atoms with van der Waals surface area (Å²) in [6.45, 7) is 3.62. The van der Waals surface area contributed by atoms with Crippen LogP contribution in [-0.4, -0.2) is 33.0 Å². The maximum absolute atomic E-state index is 11.6. The highest BCUT2D eigenvalue weighted by Crippen LogP contribution is 2.26. The maximum Gasteiger partial charge on any atom is 0.251 e. The standard InChI is InChI=1S/C14H17N5O/c1-10-7-13(20)18-14(17-10)11-3-2-6-19(9-11)12-8-15-4-5-16-12/h4-5,7-8,11H,2-3,6,9H2,1H3,(H,17,18,20)/t11-/m0/s1. The largest absolute Gasteiger partial charge is 0.355 e. The molecule has 1 aliphatic rings. The Balaban J connectivity index is 1.83. The highest BCUT2D eigenvalue weighted by atomic mass is 16.1. The molecular weight excluding hydrogens is 254 g/mol. The average molecular weight is 271 g/mol. The van der Waals surface area contributed by atoms with E-state index in [-0.39, 0.29) is 11.5 Å². The fourth-order valence-electron chi connectivity index (χ4n) is 2.66. The first-order valence-electron chi connectivity index (χ1n) is 6.81. The average Bonchev–Trinajstić information content (AvgIpc) is 2.47. The van der Waals surface area contributed by atoms with Crippen molar-refractivity contribution in [1.29, 1.82) is 0 Å². The number of nitrogens with zero attached hydrogens (tertiary/aromatic N) is 4. The van der Waals surface area contributed by atoms with Crippen LogP contribution in [0.25, 0.3) is 0 Å². The summed E-state index contributed by atoms with van der Waals surface area (Å²) >= 11 is 0. The molecule has 6 nitrogen and oxygen atoms in total. The number of aromatic amines is 1. The van der Waals surface area contributed by atoms with Gasteiger partial charge in [-0.3, -0.25) is 9.78 Å². The van der Waals surface area contributed by atoms with Gasteiger partial charge < -0.3 is 9.88 Å². The second-order valence-electron chi connectivity index (χ2n) is 5.12. The lowest BCUT2D eigenvalue weighted by molar-refractivity contribution is 0.486. The second kappa shape index (κ2) is 5.40. The summed E-state index contributed by atoms with van der Waals surface area (Å²) in [4.78, 5) is 29.5. The Morgan fingerprint density at radius 2 is 2.30 bits per heavy atom. The number of aromatic nitrogens is 4. The van der Waals surface area contributed by atoms with E-state index in [1.165, 1.54) is 6.07 Å². The van der Waals surface area contributed by atoms with Crippen LogP contribution in [0.5, 0.6) is 0 Å². The van der Waals surface area contributed by atoms with E-state index in [1.54, 1.807) is 18.6 Å². The van der Waals surface area contributed by atoms with Gasteiger partial charge in [0.05, 0.1) is 6.20 Å². The van der Waals surface area contributed by atoms with Gasteiger partial charge in [0, 0.05) is 43.2 Å². The quantitative estimate of drug-likeness (QED) is 0.889. The zero-order valence-corrected chi connectivity index (χ0v) is 11.4. The molecule has 3 rings (SSSR count). The minimum Gasteiger partial charge on any atom is -0.355 e. The van der Waals surface area contributed by atoms with E-state index in [9.17, 15) is 4.79 Å². The highest BCUT2D eigenvalue weighted by molar-refractivity contribution is 5.36. The van der Waals surface area contributed by atoms with Crippen LogP contribution in [0.15, 0.2) is 29.5 Å². The van der Waals surface area contributed by atoms with Crippen molar-refractivity contribution in [3.8, 4) is 0 Å². The third-order valence-electron chi connectivity index (χ3n) is 3.57. The van der Waals surface area contributed by atoms with Crippen molar-refractivity contribution >= 4 is 5.82 Å². The van der Waals surface area contributed by atoms with Gasteiger partial charge in [-0.2, -0.15) is 0 Å². The van der Waals surface area contributed by atoms with E-state index in [0.29, 0.717) is 0 Å². The zero-order chi connectivity index (χ0) is 13.9. The van der Waals surface area contributed by atoms with Crippen LogP contribution >= 0.6 is 0 Å². The Morgan fingerprint density at radius 3 is 3.05 bits per heavy atom. The molecule has 1 fully saturated rings. The molecule has 0 aliphatic carbocycles. The van der Waals surface area contributed by atoms with Crippen LogP contribution in [0.2, 0.25) is 0 Å². The van der Waals surface area contributed by atoms with Crippen molar-refractivity contribution < 1.29 is 0 Å². The SMILES string of the molecule is Cc1cc(=O)[nH]c([C@H]2CCCN(c3cnccn3)C2)n1. The van der Waals surface area contributed by atoms with Crippen molar-refractivity contribution in [3.05, 3.63) is 46.5 Å². The molecule has 1 N–H and O–H groups in total. The molecule has 6 heteroatoms. The fourth-order valence-corrected chi connectivity index (χ4v) is 2.66. The van der Waals surface area contributed by atoms with Crippen LogP contribution in [0.1, 0.15) is 30.3 Å². The Kier molecular flexibility index (Phi) is 3.45. The predicted octanol–water partition coefficient (Wildman–Crippen LogP) is 1.25. The van der Waals surface area contributed by atoms with Gasteiger partial charge in [-0.15, -0.1) is 0 Å². The summed E-state index contributed by atoms with van der Waals surface area (Å²) in [5.41, 5.74) is 0.685. The summed E-state index contributed by atoms with van der Waals surface area (Å²) in [6, 6.07) is 1.52. The van der Waals surface area contributed by atoms with Crippen LogP contribution in [0.3, 0.4) is 0 Å². The minimum absolute atomic E-state index is 0.0795. The van der Waals surface area contributed by atoms with Gasteiger partial charge in [-0.1, -0.05) is 0 Å². The number of rotatable bonds is 2. The lowest BCUT2D eigenvalue weighted by atomic mass is 9.97.